The molecule has 2 aliphatic heterocycles. The van der Waals surface area contributed by atoms with Crippen molar-refractivity contribution < 1.29 is 4.79 Å². The van der Waals surface area contributed by atoms with Crippen LogP contribution in [0.25, 0.3) is 0 Å². The maximum atomic E-state index is 11.9. The molecule has 0 aromatic carbocycles. The van der Waals surface area contributed by atoms with Crippen LogP contribution < -0.4 is 10.6 Å². The Labute approximate surface area is 110 Å². The monoisotopic (exact) mass is 261 g/mol. The van der Waals surface area contributed by atoms with Crippen molar-refractivity contribution in [1.82, 2.24) is 15.5 Å². The second kappa shape index (κ2) is 7.07. The van der Waals surface area contributed by atoms with Crippen molar-refractivity contribution in [1.29, 1.82) is 0 Å². The second-order valence-corrected chi connectivity index (χ2v) is 4.96. The highest BCUT2D eigenvalue weighted by Gasteiger charge is 2.30. The van der Waals surface area contributed by atoms with Crippen LogP contribution in [-0.4, -0.2) is 42.6 Å². The molecule has 2 rings (SSSR count). The predicted octanol–water partition coefficient (Wildman–Crippen LogP) is 1.74. The first-order chi connectivity index (χ1) is 7.79. The van der Waals surface area contributed by atoms with E-state index in [1.54, 1.807) is 0 Å². The Balaban J connectivity index is 0.00000144. The van der Waals surface area contributed by atoms with E-state index >= 15 is 0 Å². The topological polar surface area (TPSA) is 44.4 Å². The van der Waals surface area contributed by atoms with E-state index < -0.39 is 0 Å². The zero-order chi connectivity index (χ0) is 11.4. The molecule has 0 aromatic heterocycles. The van der Waals surface area contributed by atoms with Crippen molar-refractivity contribution in [3.8, 4) is 0 Å². The number of carbonyl (C=O) groups excluding carboxylic acids is 1. The van der Waals surface area contributed by atoms with E-state index in [-0.39, 0.29) is 18.4 Å². The first-order valence-electron chi connectivity index (χ1n) is 6.58. The van der Waals surface area contributed by atoms with Gasteiger partial charge in [-0.3, -0.25) is 0 Å². The van der Waals surface area contributed by atoms with Crippen molar-refractivity contribution in [3.05, 3.63) is 0 Å². The summed E-state index contributed by atoms with van der Waals surface area (Å²) < 4.78 is 0. The fourth-order valence-electron chi connectivity index (χ4n) is 2.61. The quantitative estimate of drug-likeness (QED) is 0.761. The van der Waals surface area contributed by atoms with Crippen LogP contribution in [0.5, 0.6) is 0 Å². The van der Waals surface area contributed by atoms with Gasteiger partial charge in [-0.1, -0.05) is 13.3 Å². The molecule has 100 valence electrons. The third kappa shape index (κ3) is 4.03. The van der Waals surface area contributed by atoms with E-state index in [9.17, 15) is 4.79 Å². The molecule has 2 saturated heterocycles. The maximum absolute atomic E-state index is 11.9. The Morgan fingerprint density at radius 2 is 2.12 bits per heavy atom. The number of halogens is 1. The molecule has 0 radical (unpaired) electrons. The summed E-state index contributed by atoms with van der Waals surface area (Å²) in [6.45, 7) is 4.74. The van der Waals surface area contributed by atoms with Gasteiger partial charge in [0.15, 0.2) is 0 Å². The summed E-state index contributed by atoms with van der Waals surface area (Å²) in [4.78, 5) is 13.9. The number of rotatable bonds is 3. The molecular weight excluding hydrogens is 238 g/mol. The Morgan fingerprint density at radius 3 is 2.88 bits per heavy atom. The van der Waals surface area contributed by atoms with Crippen LogP contribution in [0.1, 0.15) is 39.0 Å². The lowest BCUT2D eigenvalue weighted by molar-refractivity contribution is 0.194. The van der Waals surface area contributed by atoms with Crippen molar-refractivity contribution in [2.24, 2.45) is 0 Å². The molecule has 0 spiro atoms. The Bertz CT molecular complexity index is 250. The van der Waals surface area contributed by atoms with Crippen molar-refractivity contribution in [3.63, 3.8) is 0 Å². The molecule has 5 heteroatoms. The summed E-state index contributed by atoms with van der Waals surface area (Å²) in [6.07, 6.45) is 5.83. The standard InChI is InChI=1S/C12H23N3O.ClH/c1-2-3-7-13-12(16)15-8-6-10-4-5-11(9-15)14-10;/h10-11,14H,2-9H2,1H3,(H,13,16);1H. The highest BCUT2D eigenvalue weighted by atomic mass is 35.5. The number of fused-ring (bicyclic) bond motifs is 2. The molecule has 2 bridgehead atoms. The number of nitrogens with zero attached hydrogens (tertiary/aromatic N) is 1. The number of amides is 2. The minimum Gasteiger partial charge on any atom is -0.338 e. The van der Waals surface area contributed by atoms with Crippen LogP contribution in [-0.2, 0) is 0 Å². The molecule has 2 aliphatic rings. The van der Waals surface area contributed by atoms with E-state index in [2.05, 4.69) is 17.6 Å². The fourth-order valence-corrected chi connectivity index (χ4v) is 2.61. The van der Waals surface area contributed by atoms with Gasteiger partial charge in [0.2, 0.25) is 0 Å². The van der Waals surface area contributed by atoms with Gasteiger partial charge in [-0.15, -0.1) is 12.4 Å². The lowest BCUT2D eigenvalue weighted by Crippen LogP contribution is -2.44. The number of likely N-dealkylation sites (tertiary alicyclic amines) is 1. The maximum Gasteiger partial charge on any atom is 0.317 e. The van der Waals surface area contributed by atoms with Gasteiger partial charge in [0, 0.05) is 31.7 Å². The van der Waals surface area contributed by atoms with Crippen LogP contribution in [0, 0.1) is 0 Å². The van der Waals surface area contributed by atoms with Gasteiger partial charge in [-0.2, -0.15) is 0 Å². The summed E-state index contributed by atoms with van der Waals surface area (Å²) in [6, 6.07) is 1.31. The molecule has 2 heterocycles. The SMILES string of the molecule is CCCCNC(=O)N1CCC2CCC(C1)N2.Cl. The zero-order valence-corrected chi connectivity index (χ0v) is 11.4. The van der Waals surface area contributed by atoms with Gasteiger partial charge >= 0.3 is 6.03 Å². The number of urea groups is 1. The van der Waals surface area contributed by atoms with Gasteiger partial charge in [0.25, 0.3) is 0 Å². The Kier molecular flexibility index (Phi) is 6.06. The van der Waals surface area contributed by atoms with Crippen LogP contribution in [0.2, 0.25) is 0 Å². The first kappa shape index (κ1) is 14.6. The van der Waals surface area contributed by atoms with Crippen LogP contribution in [0.15, 0.2) is 0 Å². The number of unbranched alkanes of at least 4 members (excludes halogenated alkanes) is 1. The fraction of sp³-hybridized carbons (Fsp3) is 0.917. The van der Waals surface area contributed by atoms with Crippen molar-refractivity contribution >= 4 is 18.4 Å². The van der Waals surface area contributed by atoms with E-state index in [1.165, 1.54) is 12.8 Å². The summed E-state index contributed by atoms with van der Waals surface area (Å²) >= 11 is 0. The minimum atomic E-state index is 0. The molecule has 0 saturated carbocycles. The largest absolute Gasteiger partial charge is 0.338 e. The van der Waals surface area contributed by atoms with Crippen LogP contribution >= 0.6 is 12.4 Å². The first-order valence-corrected chi connectivity index (χ1v) is 6.58. The number of hydrogen-bond donors (Lipinski definition) is 2. The average Bonchev–Trinajstić information content (AvgIpc) is 2.58. The normalized spacial score (nSPS) is 27.2. The lowest BCUT2D eigenvalue weighted by Gasteiger charge is -2.24. The van der Waals surface area contributed by atoms with Crippen molar-refractivity contribution in [2.45, 2.75) is 51.1 Å². The molecular formula is C12H24ClN3O. The summed E-state index contributed by atoms with van der Waals surface area (Å²) in [5.74, 6) is 0. The molecule has 2 atom stereocenters. The molecule has 2 fully saturated rings. The number of carbonyl (C=O) groups is 1. The van der Waals surface area contributed by atoms with Gasteiger partial charge in [0.05, 0.1) is 0 Å². The molecule has 17 heavy (non-hydrogen) atoms. The van der Waals surface area contributed by atoms with Crippen LogP contribution in [0.4, 0.5) is 4.79 Å². The zero-order valence-electron chi connectivity index (χ0n) is 10.6. The second-order valence-electron chi connectivity index (χ2n) is 4.96. The third-order valence-electron chi connectivity index (χ3n) is 3.62. The van der Waals surface area contributed by atoms with E-state index in [0.717, 1.165) is 38.9 Å². The molecule has 0 aromatic rings. The number of hydrogen-bond acceptors (Lipinski definition) is 2. The van der Waals surface area contributed by atoms with Crippen molar-refractivity contribution in [2.75, 3.05) is 19.6 Å². The van der Waals surface area contributed by atoms with Gasteiger partial charge in [0.1, 0.15) is 0 Å². The molecule has 2 N–H and O–H groups in total. The Hall–Kier alpha value is -0.480. The van der Waals surface area contributed by atoms with Crippen LogP contribution in [0.3, 0.4) is 0 Å². The van der Waals surface area contributed by atoms with E-state index in [1.807, 2.05) is 4.90 Å². The Morgan fingerprint density at radius 1 is 1.35 bits per heavy atom. The smallest absolute Gasteiger partial charge is 0.317 e. The molecule has 0 aliphatic carbocycles. The summed E-state index contributed by atoms with van der Waals surface area (Å²) in [7, 11) is 0. The van der Waals surface area contributed by atoms with Gasteiger partial charge in [-0.05, 0) is 25.7 Å². The minimum absolute atomic E-state index is 0. The average molecular weight is 262 g/mol. The molecule has 4 nitrogen and oxygen atoms in total. The lowest BCUT2D eigenvalue weighted by atomic mass is 10.1. The summed E-state index contributed by atoms with van der Waals surface area (Å²) in [5, 5.41) is 6.58. The van der Waals surface area contributed by atoms with Gasteiger partial charge in [-0.25, -0.2) is 4.79 Å². The predicted molar refractivity (Wildman–Crippen MR) is 71.7 cm³/mol. The third-order valence-corrected chi connectivity index (χ3v) is 3.62. The summed E-state index contributed by atoms with van der Waals surface area (Å²) in [5.41, 5.74) is 0. The molecule has 2 unspecified atom stereocenters. The highest BCUT2D eigenvalue weighted by Crippen LogP contribution is 2.20. The van der Waals surface area contributed by atoms with E-state index in [4.69, 9.17) is 0 Å². The molecule has 2 amide bonds. The van der Waals surface area contributed by atoms with Gasteiger partial charge < -0.3 is 15.5 Å². The number of nitrogens with one attached hydrogen (secondary N) is 2. The highest BCUT2D eigenvalue weighted by molar-refractivity contribution is 5.85. The van der Waals surface area contributed by atoms with E-state index in [0.29, 0.717) is 12.1 Å².